The number of anilines is 1. The number of nitrogens with one attached hydrogen (secondary N) is 1. The van der Waals surface area contributed by atoms with E-state index in [-0.39, 0.29) is 51.8 Å². The fourth-order valence-electron chi connectivity index (χ4n) is 3.00. The molecule has 1 saturated heterocycles. The van der Waals surface area contributed by atoms with Gasteiger partial charge in [0.25, 0.3) is 0 Å². The van der Waals surface area contributed by atoms with E-state index in [1.165, 1.54) is 12.1 Å². The molecule has 2 aromatic carbocycles. The zero-order valence-corrected chi connectivity index (χ0v) is 17.8. The van der Waals surface area contributed by atoms with Crippen LogP contribution in [0.15, 0.2) is 35.2 Å². The summed E-state index contributed by atoms with van der Waals surface area (Å²) in [6, 6.07) is 5.28. The third kappa shape index (κ3) is 4.83. The van der Waals surface area contributed by atoms with Crippen molar-refractivity contribution in [3.8, 4) is 0 Å². The molecule has 0 bridgehead atoms. The minimum absolute atomic E-state index is 0.0640. The number of hydrogen-bond donors (Lipinski definition) is 1. The number of carbonyl (C=O) groups excluding carboxylic acids is 1. The molecule has 3 rings (SSSR count). The summed E-state index contributed by atoms with van der Waals surface area (Å²) in [7, 11) is -3.98. The fraction of sp³-hybridized carbons (Fsp3) is 0.278. The van der Waals surface area contributed by atoms with Crippen molar-refractivity contribution in [3.05, 3.63) is 57.0 Å². The Hall–Kier alpha value is -1.45. The van der Waals surface area contributed by atoms with E-state index in [9.17, 15) is 22.0 Å². The van der Waals surface area contributed by atoms with Crippen LogP contribution < -0.4 is 5.32 Å². The minimum atomic E-state index is -3.98. The van der Waals surface area contributed by atoms with Crippen LogP contribution in [-0.2, 0) is 14.8 Å². The molecule has 1 aliphatic rings. The number of amides is 1. The summed E-state index contributed by atoms with van der Waals surface area (Å²) in [6.45, 7) is 0.128. The van der Waals surface area contributed by atoms with Gasteiger partial charge in [-0.05, 0) is 43.2 Å². The van der Waals surface area contributed by atoms with Crippen molar-refractivity contribution in [1.29, 1.82) is 0 Å². The zero-order chi connectivity index (χ0) is 21.3. The van der Waals surface area contributed by atoms with E-state index in [2.05, 4.69) is 5.32 Å². The van der Waals surface area contributed by atoms with E-state index < -0.39 is 27.6 Å². The highest BCUT2D eigenvalue weighted by Gasteiger charge is 2.32. The van der Waals surface area contributed by atoms with Crippen molar-refractivity contribution >= 4 is 56.4 Å². The van der Waals surface area contributed by atoms with Gasteiger partial charge in [-0.15, -0.1) is 0 Å². The first kappa shape index (κ1) is 22.2. The van der Waals surface area contributed by atoms with Gasteiger partial charge in [0.1, 0.15) is 0 Å². The molecule has 29 heavy (non-hydrogen) atoms. The van der Waals surface area contributed by atoms with Crippen LogP contribution in [0.1, 0.15) is 12.8 Å². The normalized spacial score (nSPS) is 16.0. The Morgan fingerprint density at radius 3 is 2.21 bits per heavy atom. The summed E-state index contributed by atoms with van der Waals surface area (Å²) in [5.41, 5.74) is 0.308. The van der Waals surface area contributed by atoms with E-state index in [1.54, 1.807) is 0 Å². The molecule has 156 valence electrons. The standard InChI is InChI=1S/C18H15Cl3F2N2O3S/c19-12-8-14(21)17(9-13(12)20)24-18(26)10-3-5-25(6-4-10)29(27,28)11-1-2-15(22)16(23)7-11/h1-2,7-10H,3-6H2,(H,24,26). The van der Waals surface area contributed by atoms with Crippen molar-refractivity contribution in [2.75, 3.05) is 18.4 Å². The highest BCUT2D eigenvalue weighted by molar-refractivity contribution is 7.89. The van der Waals surface area contributed by atoms with Gasteiger partial charge in [-0.25, -0.2) is 17.2 Å². The minimum Gasteiger partial charge on any atom is -0.324 e. The lowest BCUT2D eigenvalue weighted by Crippen LogP contribution is -2.41. The van der Waals surface area contributed by atoms with E-state index in [1.807, 2.05) is 0 Å². The van der Waals surface area contributed by atoms with E-state index in [4.69, 9.17) is 34.8 Å². The number of benzene rings is 2. The van der Waals surface area contributed by atoms with Gasteiger partial charge in [0, 0.05) is 19.0 Å². The summed E-state index contributed by atoms with van der Waals surface area (Å²) < 4.78 is 52.9. The van der Waals surface area contributed by atoms with Gasteiger partial charge in [-0.2, -0.15) is 4.31 Å². The van der Waals surface area contributed by atoms with Crippen LogP contribution >= 0.6 is 34.8 Å². The number of hydrogen-bond acceptors (Lipinski definition) is 3. The third-order valence-electron chi connectivity index (χ3n) is 4.62. The molecule has 0 spiro atoms. The molecule has 0 aliphatic carbocycles. The topological polar surface area (TPSA) is 66.5 Å². The number of rotatable bonds is 4. The van der Waals surface area contributed by atoms with Crippen LogP contribution in [0, 0.1) is 17.6 Å². The first-order valence-electron chi connectivity index (χ1n) is 8.50. The number of sulfonamides is 1. The number of piperidine rings is 1. The number of halogens is 5. The Bertz CT molecular complexity index is 1060. The van der Waals surface area contributed by atoms with Gasteiger partial charge in [-0.3, -0.25) is 4.79 Å². The first-order valence-corrected chi connectivity index (χ1v) is 11.1. The fourth-order valence-corrected chi connectivity index (χ4v) is 5.07. The summed E-state index contributed by atoms with van der Waals surface area (Å²) >= 11 is 17.9. The molecule has 1 aliphatic heterocycles. The molecule has 0 unspecified atom stereocenters. The van der Waals surface area contributed by atoms with Crippen molar-refractivity contribution in [2.45, 2.75) is 17.7 Å². The molecular formula is C18H15Cl3F2N2O3S. The van der Waals surface area contributed by atoms with Crippen LogP contribution in [0.2, 0.25) is 15.1 Å². The second kappa shape index (κ2) is 8.73. The summed E-state index contributed by atoms with van der Waals surface area (Å²) in [5.74, 6) is -3.13. The molecule has 0 atom stereocenters. The van der Waals surface area contributed by atoms with Gasteiger partial charge in [0.2, 0.25) is 15.9 Å². The third-order valence-corrected chi connectivity index (χ3v) is 7.55. The molecule has 2 aromatic rings. The maximum Gasteiger partial charge on any atom is 0.243 e. The average molecular weight is 484 g/mol. The van der Waals surface area contributed by atoms with Crippen LogP contribution in [0.5, 0.6) is 0 Å². The smallest absolute Gasteiger partial charge is 0.243 e. The number of nitrogens with zero attached hydrogens (tertiary/aromatic N) is 1. The summed E-state index contributed by atoms with van der Waals surface area (Å²) in [6.07, 6.45) is 0.515. The quantitative estimate of drug-likeness (QED) is 0.625. The monoisotopic (exact) mass is 482 g/mol. The molecule has 0 saturated carbocycles. The average Bonchev–Trinajstić information content (AvgIpc) is 2.68. The molecule has 1 amide bonds. The van der Waals surface area contributed by atoms with Crippen molar-refractivity contribution < 1.29 is 22.0 Å². The lowest BCUT2D eigenvalue weighted by atomic mass is 9.97. The zero-order valence-electron chi connectivity index (χ0n) is 14.8. The maximum absolute atomic E-state index is 13.4. The van der Waals surface area contributed by atoms with Crippen LogP contribution in [0.25, 0.3) is 0 Å². The van der Waals surface area contributed by atoms with Crippen molar-refractivity contribution in [1.82, 2.24) is 4.31 Å². The molecular weight excluding hydrogens is 469 g/mol. The molecule has 1 fully saturated rings. The Kier molecular flexibility index (Phi) is 6.70. The van der Waals surface area contributed by atoms with Gasteiger partial charge < -0.3 is 5.32 Å². The highest BCUT2D eigenvalue weighted by atomic mass is 35.5. The van der Waals surface area contributed by atoms with Crippen LogP contribution in [0.4, 0.5) is 14.5 Å². The predicted molar refractivity (Wildman–Crippen MR) is 108 cm³/mol. The maximum atomic E-state index is 13.4. The van der Waals surface area contributed by atoms with Gasteiger partial charge in [0.05, 0.1) is 25.7 Å². The molecule has 1 N–H and O–H groups in total. The van der Waals surface area contributed by atoms with Crippen LogP contribution in [0.3, 0.4) is 0 Å². The van der Waals surface area contributed by atoms with Gasteiger partial charge >= 0.3 is 0 Å². The summed E-state index contributed by atoms with van der Waals surface area (Å²) in [4.78, 5) is 12.2. The summed E-state index contributed by atoms with van der Waals surface area (Å²) in [5, 5.41) is 3.39. The Labute approximate surface area is 181 Å². The van der Waals surface area contributed by atoms with Gasteiger partial charge in [0.15, 0.2) is 11.6 Å². The number of carbonyl (C=O) groups is 1. The highest BCUT2D eigenvalue weighted by Crippen LogP contribution is 2.33. The lowest BCUT2D eigenvalue weighted by molar-refractivity contribution is -0.120. The molecule has 5 nitrogen and oxygen atoms in total. The Morgan fingerprint density at radius 1 is 0.966 bits per heavy atom. The molecule has 1 heterocycles. The van der Waals surface area contributed by atoms with Crippen molar-refractivity contribution in [3.63, 3.8) is 0 Å². The lowest BCUT2D eigenvalue weighted by Gasteiger charge is -2.30. The Morgan fingerprint density at radius 2 is 1.59 bits per heavy atom. The molecule has 0 radical (unpaired) electrons. The Balaban J connectivity index is 1.66. The van der Waals surface area contributed by atoms with Crippen molar-refractivity contribution in [2.24, 2.45) is 5.92 Å². The van der Waals surface area contributed by atoms with E-state index in [0.717, 1.165) is 16.4 Å². The van der Waals surface area contributed by atoms with E-state index >= 15 is 0 Å². The van der Waals surface area contributed by atoms with E-state index in [0.29, 0.717) is 11.8 Å². The van der Waals surface area contributed by atoms with Gasteiger partial charge in [-0.1, -0.05) is 34.8 Å². The molecule has 0 aromatic heterocycles. The molecule has 11 heteroatoms. The second-order valence-electron chi connectivity index (χ2n) is 6.49. The predicted octanol–water partition coefficient (Wildman–Crippen LogP) is 4.96. The second-order valence-corrected chi connectivity index (χ2v) is 9.65. The van der Waals surface area contributed by atoms with Crippen LogP contribution in [-0.4, -0.2) is 31.7 Å². The SMILES string of the molecule is O=C(Nc1cc(Cl)c(Cl)cc1Cl)C1CCN(S(=O)(=O)c2ccc(F)c(F)c2)CC1. The first-order chi connectivity index (χ1) is 13.6. The largest absolute Gasteiger partial charge is 0.324 e.